The molecule has 1 saturated heterocycles. The van der Waals surface area contributed by atoms with E-state index in [0.29, 0.717) is 44.9 Å². The van der Waals surface area contributed by atoms with Gasteiger partial charge in [0, 0.05) is 25.0 Å². The normalized spacial score (nSPS) is 42.4. The zero-order valence-corrected chi connectivity index (χ0v) is 19.8. The average Bonchev–Trinajstić information content (AvgIpc) is 2.81. The molecular weight excluding hydrogens is 477 g/mol. The maximum Gasteiger partial charge on any atom is 0.254 e. The Morgan fingerprint density at radius 3 is 2.44 bits per heavy atom. The van der Waals surface area contributed by atoms with Gasteiger partial charge in [-0.3, -0.25) is 9.59 Å². The second-order valence-electron chi connectivity index (χ2n) is 10.3. The highest BCUT2D eigenvalue weighted by atomic mass is 35.5. The minimum absolute atomic E-state index is 0.0121. The van der Waals surface area contributed by atoms with Crippen molar-refractivity contribution in [2.75, 3.05) is 19.7 Å². The van der Waals surface area contributed by atoms with Crippen molar-refractivity contribution in [2.45, 2.75) is 105 Å². The number of carbonyl (C=O) groups excluding carboxylic acids is 2. The zero-order valence-electron chi connectivity index (χ0n) is 19.0. The Bertz CT molecular complexity index is 748. The molecule has 2 bridgehead atoms. The van der Waals surface area contributed by atoms with Gasteiger partial charge < -0.3 is 31.1 Å². The van der Waals surface area contributed by atoms with E-state index in [2.05, 4.69) is 21.3 Å². The van der Waals surface area contributed by atoms with E-state index in [-0.39, 0.29) is 44.0 Å². The molecule has 6 unspecified atom stereocenters. The largest absolute Gasteiger partial charge is 0.391 e. The molecule has 5 fully saturated rings. The molecule has 4 aliphatic carbocycles. The maximum absolute atomic E-state index is 13.8. The summed E-state index contributed by atoms with van der Waals surface area (Å²) in [5.41, 5.74) is -1.37. The van der Waals surface area contributed by atoms with E-state index in [1.165, 1.54) is 0 Å². The Balaban J connectivity index is 1.24. The molecule has 0 spiro atoms. The van der Waals surface area contributed by atoms with Crippen molar-refractivity contribution < 1.29 is 32.6 Å². The molecule has 194 valence electrons. The van der Waals surface area contributed by atoms with Crippen molar-refractivity contribution in [2.24, 2.45) is 0 Å². The number of piperazine rings is 1. The second kappa shape index (κ2) is 10.5. The van der Waals surface area contributed by atoms with Gasteiger partial charge in [0.25, 0.3) is 6.43 Å². The Morgan fingerprint density at radius 1 is 1.12 bits per heavy atom. The molecule has 5 rings (SSSR count). The van der Waals surface area contributed by atoms with Crippen LogP contribution >= 0.6 is 11.6 Å². The number of halogens is 4. The average molecular weight is 511 g/mol. The minimum atomic E-state index is -2.51. The van der Waals surface area contributed by atoms with Gasteiger partial charge in [0.05, 0.1) is 35.2 Å². The summed E-state index contributed by atoms with van der Waals surface area (Å²) >= 11 is 5.89. The molecule has 5 N–H and O–H groups in total. The van der Waals surface area contributed by atoms with Crippen LogP contribution in [0.1, 0.15) is 51.4 Å². The SMILES string of the molecule is O=C(COC1CCC(Cl)C(F)C1)NC12CCC(NC(=O)C3CNC(C(F)F)CN3)(CC1)C(O)C2. The highest BCUT2D eigenvalue weighted by molar-refractivity contribution is 6.21. The minimum Gasteiger partial charge on any atom is -0.391 e. The number of ether oxygens (including phenoxy) is 1. The first-order valence-electron chi connectivity index (χ1n) is 12.1. The number of hydrogen-bond donors (Lipinski definition) is 5. The van der Waals surface area contributed by atoms with Gasteiger partial charge in [-0.05, 0) is 44.9 Å². The van der Waals surface area contributed by atoms with E-state index in [0.717, 1.165) is 0 Å². The van der Waals surface area contributed by atoms with Crippen molar-refractivity contribution >= 4 is 23.4 Å². The number of hydrogen-bond acceptors (Lipinski definition) is 6. The first-order chi connectivity index (χ1) is 16.1. The lowest BCUT2D eigenvalue weighted by molar-refractivity contribution is -0.140. The van der Waals surface area contributed by atoms with Crippen LogP contribution in [0.5, 0.6) is 0 Å². The van der Waals surface area contributed by atoms with E-state index >= 15 is 0 Å². The van der Waals surface area contributed by atoms with Crippen LogP contribution in [0.2, 0.25) is 0 Å². The lowest BCUT2D eigenvalue weighted by atomic mass is 9.59. The lowest BCUT2D eigenvalue weighted by Gasteiger charge is -2.56. The van der Waals surface area contributed by atoms with Crippen LogP contribution in [0.15, 0.2) is 0 Å². The van der Waals surface area contributed by atoms with Crippen LogP contribution in [-0.4, -0.2) is 90.0 Å². The molecule has 8 nitrogen and oxygen atoms in total. The summed E-state index contributed by atoms with van der Waals surface area (Å²) in [6.07, 6.45) is -1.07. The van der Waals surface area contributed by atoms with Crippen molar-refractivity contribution in [1.29, 1.82) is 0 Å². The highest BCUT2D eigenvalue weighted by Crippen LogP contribution is 2.47. The summed E-state index contributed by atoms with van der Waals surface area (Å²) in [7, 11) is 0. The number of aliphatic hydroxyl groups is 1. The van der Waals surface area contributed by atoms with E-state index in [4.69, 9.17) is 16.3 Å². The lowest BCUT2D eigenvalue weighted by Crippen LogP contribution is -2.72. The van der Waals surface area contributed by atoms with Crippen molar-refractivity contribution in [3.05, 3.63) is 0 Å². The van der Waals surface area contributed by atoms with E-state index < -0.39 is 47.2 Å². The highest BCUT2D eigenvalue weighted by Gasteiger charge is 2.55. The summed E-state index contributed by atoms with van der Waals surface area (Å²) in [6.45, 7) is -0.103. The fourth-order valence-electron chi connectivity index (χ4n) is 5.76. The summed E-state index contributed by atoms with van der Waals surface area (Å²) in [5.74, 6) is -0.635. The quantitative estimate of drug-likeness (QED) is 0.323. The molecule has 1 aliphatic heterocycles. The standard InChI is InChI=1S/C22H34ClF3N4O4/c23-13-2-1-12(7-14(13)24)34-11-18(32)29-21-3-5-22(6-4-21,17(31)8-21)30-20(33)16-10-27-15(9-28-16)19(25)26/h12-17,19,27-28,31H,1-11H2,(H,29,32)(H,30,33). The van der Waals surface area contributed by atoms with E-state index in [1.54, 1.807) is 0 Å². The molecule has 4 saturated carbocycles. The Hall–Kier alpha value is -1.14. The fraction of sp³-hybridized carbons (Fsp3) is 0.909. The smallest absolute Gasteiger partial charge is 0.254 e. The molecule has 0 radical (unpaired) electrons. The summed E-state index contributed by atoms with van der Waals surface area (Å²) in [5, 5.41) is 21.9. The summed E-state index contributed by atoms with van der Waals surface area (Å²) < 4.78 is 45.0. The van der Waals surface area contributed by atoms with Crippen LogP contribution in [0.4, 0.5) is 13.2 Å². The zero-order chi connectivity index (χ0) is 24.5. The Morgan fingerprint density at radius 2 is 1.85 bits per heavy atom. The fourth-order valence-corrected chi connectivity index (χ4v) is 5.99. The number of aliphatic hydroxyl groups excluding tert-OH is 1. The predicted molar refractivity (Wildman–Crippen MR) is 119 cm³/mol. The van der Waals surface area contributed by atoms with Crippen LogP contribution < -0.4 is 21.3 Å². The van der Waals surface area contributed by atoms with Crippen LogP contribution in [-0.2, 0) is 14.3 Å². The van der Waals surface area contributed by atoms with Gasteiger partial charge >= 0.3 is 0 Å². The number of nitrogens with one attached hydrogen (secondary N) is 4. The topological polar surface area (TPSA) is 112 Å². The molecule has 6 atom stereocenters. The molecule has 0 aromatic carbocycles. The molecule has 12 heteroatoms. The molecule has 0 aromatic heterocycles. The van der Waals surface area contributed by atoms with Gasteiger partial charge in [0.15, 0.2) is 0 Å². The van der Waals surface area contributed by atoms with Crippen molar-refractivity contribution in [3.8, 4) is 0 Å². The van der Waals surface area contributed by atoms with Gasteiger partial charge in [0.1, 0.15) is 12.8 Å². The van der Waals surface area contributed by atoms with E-state index in [1.807, 2.05) is 0 Å². The maximum atomic E-state index is 13.8. The predicted octanol–water partition coefficient (Wildman–Crippen LogP) is 0.745. The summed E-state index contributed by atoms with van der Waals surface area (Å²) in [6, 6.07) is -1.64. The molecule has 34 heavy (non-hydrogen) atoms. The van der Waals surface area contributed by atoms with Gasteiger partial charge in [-0.1, -0.05) is 0 Å². The van der Waals surface area contributed by atoms with E-state index in [9.17, 15) is 27.9 Å². The molecular formula is C22H34ClF3N4O4. The third-order valence-electron chi connectivity index (χ3n) is 7.98. The molecule has 0 aromatic rings. The molecule has 2 amide bonds. The van der Waals surface area contributed by atoms with Crippen LogP contribution in [0.3, 0.4) is 0 Å². The van der Waals surface area contributed by atoms with Crippen molar-refractivity contribution in [3.63, 3.8) is 0 Å². The van der Waals surface area contributed by atoms with Crippen molar-refractivity contribution in [1.82, 2.24) is 21.3 Å². The van der Waals surface area contributed by atoms with Crippen LogP contribution in [0, 0.1) is 0 Å². The number of alkyl halides is 4. The van der Waals surface area contributed by atoms with Gasteiger partial charge in [-0.25, -0.2) is 13.2 Å². The second-order valence-corrected chi connectivity index (χ2v) is 10.8. The van der Waals surface area contributed by atoms with Gasteiger partial charge in [-0.2, -0.15) is 0 Å². The third-order valence-corrected chi connectivity index (χ3v) is 8.47. The first kappa shape index (κ1) is 25.9. The Kier molecular flexibility index (Phi) is 7.98. The number of carbonyl (C=O) groups is 2. The van der Waals surface area contributed by atoms with Crippen LogP contribution in [0.25, 0.3) is 0 Å². The number of amides is 2. The molecule has 1 heterocycles. The summed E-state index contributed by atoms with van der Waals surface area (Å²) in [4.78, 5) is 25.3. The van der Waals surface area contributed by atoms with Gasteiger partial charge in [0.2, 0.25) is 11.8 Å². The monoisotopic (exact) mass is 510 g/mol. The third kappa shape index (κ3) is 5.64. The first-order valence-corrected chi connectivity index (χ1v) is 12.5. The number of rotatable bonds is 7. The molecule has 5 aliphatic rings. The Labute approximate surface area is 202 Å². The number of fused-ring (bicyclic) bond motifs is 3. The van der Waals surface area contributed by atoms with Gasteiger partial charge in [-0.15, -0.1) is 11.6 Å².